The van der Waals surface area contributed by atoms with E-state index in [0.29, 0.717) is 10.6 Å². The van der Waals surface area contributed by atoms with Gasteiger partial charge in [-0.1, -0.05) is 46.9 Å². The number of hydrogen-bond acceptors (Lipinski definition) is 4. The van der Waals surface area contributed by atoms with Gasteiger partial charge in [0.25, 0.3) is 5.91 Å². The van der Waals surface area contributed by atoms with Gasteiger partial charge in [-0.05, 0) is 29.8 Å². The van der Waals surface area contributed by atoms with Crippen molar-refractivity contribution in [3.63, 3.8) is 0 Å². The number of carbonyl (C=O) groups is 1. The molecule has 0 aliphatic heterocycles. The van der Waals surface area contributed by atoms with Gasteiger partial charge in [-0.3, -0.25) is 4.79 Å². The highest BCUT2D eigenvalue weighted by atomic mass is 35.5. The Balaban J connectivity index is 1.88. The number of nitrogens with one attached hydrogen (secondary N) is 1. The molecule has 0 saturated heterocycles. The summed E-state index contributed by atoms with van der Waals surface area (Å²) in [6.45, 7) is -0.321. The van der Waals surface area contributed by atoms with Gasteiger partial charge < -0.3 is 9.84 Å². The second kappa shape index (κ2) is 8.06. The van der Waals surface area contributed by atoms with Crippen molar-refractivity contribution >= 4 is 46.9 Å². The zero-order valence-electron chi connectivity index (χ0n) is 11.6. The van der Waals surface area contributed by atoms with Gasteiger partial charge in [0.2, 0.25) is 0 Å². The number of aromatic hydroxyl groups is 1. The van der Waals surface area contributed by atoms with Crippen LogP contribution in [0.1, 0.15) is 5.56 Å². The Morgan fingerprint density at radius 2 is 1.91 bits per heavy atom. The summed E-state index contributed by atoms with van der Waals surface area (Å²) in [7, 11) is 0. The molecule has 0 saturated carbocycles. The quantitative estimate of drug-likeness (QED) is 0.617. The highest BCUT2D eigenvalue weighted by molar-refractivity contribution is 6.40. The van der Waals surface area contributed by atoms with Crippen molar-refractivity contribution in [1.29, 1.82) is 0 Å². The maximum absolute atomic E-state index is 11.7. The predicted octanol–water partition coefficient (Wildman–Crippen LogP) is 3.88. The maximum Gasteiger partial charge on any atom is 0.277 e. The molecule has 0 spiro atoms. The van der Waals surface area contributed by atoms with E-state index in [9.17, 15) is 9.90 Å². The first-order valence-corrected chi connectivity index (χ1v) is 7.47. The number of hydrogen-bond donors (Lipinski definition) is 2. The van der Waals surface area contributed by atoms with Crippen LogP contribution in [0.3, 0.4) is 0 Å². The molecule has 1 amide bonds. The van der Waals surface area contributed by atoms with Gasteiger partial charge in [-0.15, -0.1) is 0 Å². The molecule has 0 aliphatic rings. The van der Waals surface area contributed by atoms with E-state index in [-0.39, 0.29) is 28.2 Å². The summed E-state index contributed by atoms with van der Waals surface area (Å²) in [5.74, 6) is -0.219. The second-order valence-corrected chi connectivity index (χ2v) is 5.63. The zero-order valence-corrected chi connectivity index (χ0v) is 13.9. The molecule has 0 heterocycles. The minimum absolute atomic E-state index is 0.107. The largest absolute Gasteiger partial charge is 0.508 e. The van der Waals surface area contributed by atoms with Crippen LogP contribution in [-0.2, 0) is 4.79 Å². The molecule has 0 unspecified atom stereocenters. The van der Waals surface area contributed by atoms with Gasteiger partial charge in [0.05, 0.1) is 16.3 Å². The molecule has 0 radical (unpaired) electrons. The van der Waals surface area contributed by atoms with E-state index in [0.717, 1.165) is 0 Å². The summed E-state index contributed by atoms with van der Waals surface area (Å²) in [6, 6.07) is 9.33. The SMILES string of the molecule is O=C(COc1c(Cl)cc(Cl)cc1Cl)N/N=C\c1cccc(O)c1. The zero-order chi connectivity index (χ0) is 16.8. The molecule has 0 bridgehead atoms. The maximum atomic E-state index is 11.7. The lowest BCUT2D eigenvalue weighted by atomic mass is 10.2. The highest BCUT2D eigenvalue weighted by Gasteiger charge is 2.11. The lowest BCUT2D eigenvalue weighted by Crippen LogP contribution is -2.24. The van der Waals surface area contributed by atoms with E-state index in [1.54, 1.807) is 12.1 Å². The van der Waals surface area contributed by atoms with Crippen molar-refractivity contribution in [3.05, 3.63) is 57.0 Å². The lowest BCUT2D eigenvalue weighted by Gasteiger charge is -2.09. The Morgan fingerprint density at radius 3 is 2.57 bits per heavy atom. The number of benzene rings is 2. The van der Waals surface area contributed by atoms with Crippen LogP contribution in [0.5, 0.6) is 11.5 Å². The minimum Gasteiger partial charge on any atom is -0.508 e. The van der Waals surface area contributed by atoms with Crippen LogP contribution in [0.4, 0.5) is 0 Å². The van der Waals surface area contributed by atoms with Crippen molar-refractivity contribution in [2.24, 2.45) is 5.10 Å². The summed E-state index contributed by atoms with van der Waals surface area (Å²) in [5.41, 5.74) is 2.92. The number of amides is 1. The summed E-state index contributed by atoms with van der Waals surface area (Å²) >= 11 is 17.7. The number of rotatable bonds is 5. The number of carbonyl (C=O) groups excluding carboxylic acids is 1. The Kier molecular flexibility index (Phi) is 6.10. The van der Waals surface area contributed by atoms with Crippen molar-refractivity contribution in [3.8, 4) is 11.5 Å². The molecule has 2 rings (SSSR count). The fourth-order valence-corrected chi connectivity index (χ4v) is 2.55. The number of phenolic OH excluding ortho intramolecular Hbond substituents is 1. The second-order valence-electron chi connectivity index (χ2n) is 4.38. The van der Waals surface area contributed by atoms with E-state index < -0.39 is 5.91 Å². The van der Waals surface area contributed by atoms with Gasteiger partial charge in [0.1, 0.15) is 5.75 Å². The monoisotopic (exact) mass is 372 g/mol. The van der Waals surface area contributed by atoms with E-state index in [4.69, 9.17) is 39.5 Å². The molecular formula is C15H11Cl3N2O3. The standard InChI is InChI=1S/C15H11Cl3N2O3/c16-10-5-12(17)15(13(18)6-10)23-8-14(22)20-19-7-9-2-1-3-11(21)4-9/h1-7,21H,8H2,(H,20,22)/b19-7-. The van der Waals surface area contributed by atoms with Gasteiger partial charge in [0.15, 0.2) is 12.4 Å². The van der Waals surface area contributed by atoms with Crippen molar-refractivity contribution in [2.75, 3.05) is 6.61 Å². The van der Waals surface area contributed by atoms with Crippen LogP contribution in [0.25, 0.3) is 0 Å². The number of hydrazone groups is 1. The molecule has 23 heavy (non-hydrogen) atoms. The van der Waals surface area contributed by atoms with Crippen LogP contribution < -0.4 is 10.2 Å². The molecule has 120 valence electrons. The van der Waals surface area contributed by atoms with Crippen molar-refractivity contribution in [2.45, 2.75) is 0 Å². The highest BCUT2D eigenvalue weighted by Crippen LogP contribution is 2.35. The fourth-order valence-electron chi connectivity index (χ4n) is 1.62. The first-order valence-electron chi connectivity index (χ1n) is 6.34. The minimum atomic E-state index is -0.497. The van der Waals surface area contributed by atoms with Gasteiger partial charge in [-0.25, -0.2) is 5.43 Å². The molecule has 0 atom stereocenters. The molecule has 2 aromatic rings. The third kappa shape index (κ3) is 5.32. The normalized spacial score (nSPS) is 10.7. The third-order valence-corrected chi connectivity index (χ3v) is 3.36. The number of halogens is 3. The van der Waals surface area contributed by atoms with Crippen LogP contribution in [-0.4, -0.2) is 23.8 Å². The molecule has 8 heteroatoms. The summed E-state index contributed by atoms with van der Waals surface area (Å²) in [6.07, 6.45) is 1.39. The van der Waals surface area contributed by atoms with Gasteiger partial charge >= 0.3 is 0 Å². The van der Waals surface area contributed by atoms with Crippen molar-refractivity contribution < 1.29 is 14.6 Å². The smallest absolute Gasteiger partial charge is 0.277 e. The van der Waals surface area contributed by atoms with Crippen LogP contribution in [0.15, 0.2) is 41.5 Å². The van der Waals surface area contributed by atoms with Crippen LogP contribution in [0.2, 0.25) is 15.1 Å². The Morgan fingerprint density at radius 1 is 1.22 bits per heavy atom. The summed E-state index contributed by atoms with van der Waals surface area (Å²) in [5, 5.41) is 13.8. The number of ether oxygens (including phenoxy) is 1. The van der Waals surface area contributed by atoms with Crippen molar-refractivity contribution in [1.82, 2.24) is 5.43 Å². The van der Waals surface area contributed by atoms with Gasteiger partial charge in [0, 0.05) is 5.02 Å². The Hall–Kier alpha value is -1.95. The van der Waals surface area contributed by atoms with E-state index in [1.165, 1.54) is 30.5 Å². The van der Waals surface area contributed by atoms with Gasteiger partial charge in [-0.2, -0.15) is 5.10 Å². The first kappa shape index (κ1) is 17.4. The molecular weight excluding hydrogens is 363 g/mol. The summed E-state index contributed by atoms with van der Waals surface area (Å²) in [4.78, 5) is 11.7. The first-order chi connectivity index (χ1) is 11.0. The van der Waals surface area contributed by atoms with E-state index >= 15 is 0 Å². The predicted molar refractivity (Wildman–Crippen MR) is 90.8 cm³/mol. The van der Waals surface area contributed by atoms with E-state index in [2.05, 4.69) is 10.5 Å². The molecule has 0 aliphatic carbocycles. The van der Waals surface area contributed by atoms with Crippen LogP contribution in [0, 0.1) is 0 Å². The Labute approximate surface area is 147 Å². The number of nitrogens with zero attached hydrogens (tertiary/aromatic N) is 1. The Bertz CT molecular complexity index is 727. The molecule has 0 fully saturated rings. The average Bonchev–Trinajstić information content (AvgIpc) is 2.46. The third-order valence-electron chi connectivity index (χ3n) is 2.58. The molecule has 2 aromatic carbocycles. The average molecular weight is 374 g/mol. The lowest BCUT2D eigenvalue weighted by molar-refractivity contribution is -0.123. The fraction of sp³-hybridized carbons (Fsp3) is 0.0667. The molecule has 5 nitrogen and oxygen atoms in total. The van der Waals surface area contributed by atoms with Crippen LogP contribution >= 0.6 is 34.8 Å². The summed E-state index contributed by atoms with van der Waals surface area (Å²) < 4.78 is 5.26. The molecule has 0 aromatic heterocycles. The number of phenols is 1. The molecule has 2 N–H and O–H groups in total. The van der Waals surface area contributed by atoms with E-state index in [1.807, 2.05) is 0 Å². The topological polar surface area (TPSA) is 70.9 Å².